The lowest BCUT2D eigenvalue weighted by Gasteiger charge is -2.35. The highest BCUT2D eigenvalue weighted by Crippen LogP contribution is 2.22. The largest absolute Gasteiger partial charge is 0.481 e. The Morgan fingerprint density at radius 3 is 2.78 bits per heavy atom. The number of ether oxygens (including phenoxy) is 2. The molecule has 3 N–H and O–H groups in total. The second-order valence-electron chi connectivity index (χ2n) is 6.53. The molecule has 148 valence electrons. The Labute approximate surface area is 159 Å². The Morgan fingerprint density at radius 2 is 2.04 bits per heavy atom. The Hall–Kier alpha value is -2.38. The molecular weight excluding hydrogens is 348 g/mol. The van der Waals surface area contributed by atoms with Crippen molar-refractivity contribution in [3.63, 3.8) is 0 Å². The maximum absolute atomic E-state index is 12.1. The Morgan fingerprint density at radius 1 is 1.26 bits per heavy atom. The number of carbonyl (C=O) groups excluding carboxylic acids is 1. The van der Waals surface area contributed by atoms with Gasteiger partial charge in [0.1, 0.15) is 0 Å². The van der Waals surface area contributed by atoms with E-state index in [1.165, 1.54) is 0 Å². The summed E-state index contributed by atoms with van der Waals surface area (Å²) < 4.78 is 11.4. The van der Waals surface area contributed by atoms with E-state index in [2.05, 4.69) is 10.6 Å². The van der Waals surface area contributed by atoms with Crippen molar-refractivity contribution >= 4 is 17.7 Å². The number of allylic oxidation sites excluding steroid dienone is 2. The summed E-state index contributed by atoms with van der Waals surface area (Å²) in [4.78, 5) is 22.6. The molecule has 1 saturated heterocycles. The molecule has 0 aromatic heterocycles. The third kappa shape index (κ3) is 8.23. The highest BCUT2D eigenvalue weighted by Gasteiger charge is 2.29. The number of carboxylic acid groups (broad SMARTS) is 1. The van der Waals surface area contributed by atoms with Gasteiger partial charge in [0.05, 0.1) is 12.7 Å². The number of carboxylic acids is 1. The third-order valence-corrected chi connectivity index (χ3v) is 4.30. The number of hydrogen-bond donors (Lipinski definition) is 3. The van der Waals surface area contributed by atoms with Gasteiger partial charge in [-0.05, 0) is 38.3 Å². The maximum Gasteiger partial charge on any atom is 0.319 e. The molecule has 7 nitrogen and oxygen atoms in total. The predicted molar refractivity (Wildman–Crippen MR) is 102 cm³/mol. The number of amides is 2. The van der Waals surface area contributed by atoms with Gasteiger partial charge in [-0.25, -0.2) is 4.79 Å². The van der Waals surface area contributed by atoms with Crippen LogP contribution in [0.4, 0.5) is 10.5 Å². The second kappa shape index (κ2) is 11.4. The van der Waals surface area contributed by atoms with Crippen LogP contribution in [0.15, 0.2) is 42.5 Å². The topological polar surface area (TPSA) is 96.9 Å². The average molecular weight is 376 g/mol. The van der Waals surface area contributed by atoms with Crippen molar-refractivity contribution in [2.75, 3.05) is 18.5 Å². The van der Waals surface area contributed by atoms with E-state index in [-0.39, 0.29) is 30.8 Å². The number of rotatable bonds is 9. The number of unbranched alkanes of at least 4 members (excludes halogenated alkanes) is 1. The van der Waals surface area contributed by atoms with E-state index in [1.54, 1.807) is 0 Å². The lowest BCUT2D eigenvalue weighted by molar-refractivity contribution is -0.224. The van der Waals surface area contributed by atoms with Gasteiger partial charge in [-0.1, -0.05) is 30.4 Å². The molecule has 2 amide bonds. The first-order valence-corrected chi connectivity index (χ1v) is 9.28. The summed E-state index contributed by atoms with van der Waals surface area (Å²) in [7, 11) is 0. The average Bonchev–Trinajstić information content (AvgIpc) is 2.64. The molecule has 1 aromatic carbocycles. The fraction of sp³-hybridized carbons (Fsp3) is 0.500. The Bertz CT molecular complexity index is 620. The van der Waals surface area contributed by atoms with Gasteiger partial charge in [0.2, 0.25) is 0 Å². The smallest absolute Gasteiger partial charge is 0.319 e. The van der Waals surface area contributed by atoms with Crippen LogP contribution in [-0.4, -0.2) is 42.7 Å². The van der Waals surface area contributed by atoms with Crippen LogP contribution in [-0.2, 0) is 14.3 Å². The maximum atomic E-state index is 12.1. The second-order valence-corrected chi connectivity index (χ2v) is 6.53. The number of urea groups is 1. The van der Waals surface area contributed by atoms with Gasteiger partial charge in [0.25, 0.3) is 0 Å². The minimum Gasteiger partial charge on any atom is -0.481 e. The molecule has 1 aliphatic heterocycles. The van der Waals surface area contributed by atoms with Crippen molar-refractivity contribution in [3.8, 4) is 0 Å². The zero-order chi connectivity index (χ0) is 19.5. The molecule has 27 heavy (non-hydrogen) atoms. The molecule has 0 aliphatic carbocycles. The van der Waals surface area contributed by atoms with E-state index in [4.69, 9.17) is 14.6 Å². The highest BCUT2D eigenvalue weighted by atomic mass is 16.7. The first-order valence-electron chi connectivity index (χ1n) is 9.28. The van der Waals surface area contributed by atoms with E-state index >= 15 is 0 Å². The fourth-order valence-electron chi connectivity index (χ4n) is 2.85. The van der Waals surface area contributed by atoms with Crippen LogP contribution in [0.5, 0.6) is 0 Å². The Balaban J connectivity index is 1.76. The van der Waals surface area contributed by atoms with Crippen LogP contribution in [0, 0.1) is 5.92 Å². The summed E-state index contributed by atoms with van der Waals surface area (Å²) in [5.74, 6) is -0.639. The summed E-state index contributed by atoms with van der Waals surface area (Å²) in [5.41, 5.74) is 0.733. The van der Waals surface area contributed by atoms with E-state index in [0.717, 1.165) is 18.5 Å². The van der Waals surface area contributed by atoms with Gasteiger partial charge in [-0.2, -0.15) is 0 Å². The molecule has 0 unspecified atom stereocenters. The number of benzene rings is 1. The van der Waals surface area contributed by atoms with Crippen molar-refractivity contribution in [3.05, 3.63) is 42.5 Å². The lowest BCUT2D eigenvalue weighted by atomic mass is 9.97. The van der Waals surface area contributed by atoms with Crippen molar-refractivity contribution in [2.45, 2.75) is 45.0 Å². The van der Waals surface area contributed by atoms with Crippen molar-refractivity contribution in [1.29, 1.82) is 0 Å². The van der Waals surface area contributed by atoms with Crippen LogP contribution in [0.3, 0.4) is 0 Å². The molecule has 1 aliphatic rings. The molecular formula is C20H28N2O5. The quantitative estimate of drug-likeness (QED) is 0.453. The van der Waals surface area contributed by atoms with Gasteiger partial charge >= 0.3 is 12.0 Å². The number of anilines is 1. The van der Waals surface area contributed by atoms with E-state index < -0.39 is 5.97 Å². The van der Waals surface area contributed by atoms with Crippen LogP contribution in [0.1, 0.15) is 32.6 Å². The Kier molecular flexibility index (Phi) is 8.80. The van der Waals surface area contributed by atoms with Gasteiger partial charge in [0.15, 0.2) is 6.29 Å². The van der Waals surface area contributed by atoms with Gasteiger partial charge in [0, 0.05) is 24.6 Å². The minimum absolute atomic E-state index is 0.133. The van der Waals surface area contributed by atoms with Crippen molar-refractivity contribution in [1.82, 2.24) is 5.32 Å². The third-order valence-electron chi connectivity index (χ3n) is 4.30. The standard InChI is InChI=1S/C20H28N2O5/c1-15-26-14-16(9-5-2-3-8-12-19(23)24)18(27-15)13-21-20(25)22-17-10-6-4-7-11-17/h2,4-7,10-11,15-16,18H,3,8-9,12-14H2,1H3,(H,23,24)(H2,21,22,25)/t15-,16+,18+/m1/s1. The first kappa shape index (κ1) is 20.9. The van der Waals surface area contributed by atoms with E-state index in [0.29, 0.717) is 19.6 Å². The predicted octanol–water partition coefficient (Wildman–Crippen LogP) is 3.39. The molecule has 0 spiro atoms. The molecule has 1 aromatic rings. The number of aliphatic carboxylic acids is 1. The van der Waals surface area contributed by atoms with E-state index in [9.17, 15) is 9.59 Å². The fourth-order valence-corrected chi connectivity index (χ4v) is 2.85. The lowest BCUT2D eigenvalue weighted by Crippen LogP contribution is -2.46. The van der Waals surface area contributed by atoms with Crippen LogP contribution < -0.4 is 10.6 Å². The number of hydrogen-bond acceptors (Lipinski definition) is 4. The van der Waals surface area contributed by atoms with Gasteiger partial charge in [-0.3, -0.25) is 4.79 Å². The summed E-state index contributed by atoms with van der Waals surface area (Å²) in [6.45, 7) is 2.80. The van der Waals surface area contributed by atoms with Crippen LogP contribution in [0.2, 0.25) is 0 Å². The molecule has 1 heterocycles. The minimum atomic E-state index is -0.772. The van der Waals surface area contributed by atoms with Crippen molar-refractivity contribution < 1.29 is 24.2 Å². The normalized spacial score (nSPS) is 22.5. The molecule has 0 bridgehead atoms. The summed E-state index contributed by atoms with van der Waals surface area (Å²) in [6.07, 6.45) is 5.89. The van der Waals surface area contributed by atoms with Gasteiger partial charge < -0.3 is 25.2 Å². The molecule has 3 atom stereocenters. The zero-order valence-corrected chi connectivity index (χ0v) is 15.6. The van der Waals surface area contributed by atoms with Crippen LogP contribution in [0.25, 0.3) is 0 Å². The SMILES string of the molecule is C[C@@H]1OC[C@H](CC=CCCCC(=O)O)[C@H](CNC(=O)Nc2ccccc2)O1. The molecule has 1 fully saturated rings. The molecule has 0 radical (unpaired) electrons. The zero-order valence-electron chi connectivity index (χ0n) is 15.6. The summed E-state index contributed by atoms with van der Waals surface area (Å²) in [5, 5.41) is 14.3. The highest BCUT2D eigenvalue weighted by molar-refractivity contribution is 5.89. The van der Waals surface area contributed by atoms with Crippen LogP contribution >= 0.6 is 0 Å². The first-order chi connectivity index (χ1) is 13.0. The molecule has 0 saturated carbocycles. The summed E-state index contributed by atoms with van der Waals surface area (Å²) in [6, 6.07) is 8.98. The monoisotopic (exact) mass is 376 g/mol. The number of nitrogens with one attached hydrogen (secondary N) is 2. The molecule has 7 heteroatoms. The van der Waals surface area contributed by atoms with Crippen molar-refractivity contribution in [2.24, 2.45) is 5.92 Å². The molecule has 2 rings (SSSR count). The van der Waals surface area contributed by atoms with Gasteiger partial charge in [-0.15, -0.1) is 0 Å². The number of carbonyl (C=O) groups is 2. The number of para-hydroxylation sites is 1. The van der Waals surface area contributed by atoms with E-state index in [1.807, 2.05) is 49.4 Å². The summed E-state index contributed by atoms with van der Waals surface area (Å²) >= 11 is 0.